The predicted octanol–water partition coefficient (Wildman–Crippen LogP) is 2.68. The second-order valence-corrected chi connectivity index (χ2v) is 7.16. The molecule has 1 aliphatic heterocycles. The minimum absolute atomic E-state index is 0.0421. The van der Waals surface area contributed by atoms with Crippen LogP contribution in [0.25, 0.3) is 0 Å². The fourth-order valence-corrected chi connectivity index (χ4v) is 3.29. The Morgan fingerprint density at radius 2 is 1.73 bits per heavy atom. The molecule has 30 heavy (non-hydrogen) atoms. The van der Waals surface area contributed by atoms with Gasteiger partial charge in [-0.3, -0.25) is 4.79 Å². The number of amides is 1. The molecular weight excluding hydrogens is 390 g/mol. The summed E-state index contributed by atoms with van der Waals surface area (Å²) in [6, 6.07) is 9.33. The Morgan fingerprint density at radius 1 is 1.03 bits per heavy atom. The quantitative estimate of drug-likeness (QED) is 0.609. The highest BCUT2D eigenvalue weighted by Gasteiger charge is 2.43. The third kappa shape index (κ3) is 3.89. The number of carbonyl (C=O) groups excluding carboxylic acids is 4. The Labute approximate surface area is 173 Å². The van der Waals surface area contributed by atoms with Gasteiger partial charge in [0.15, 0.2) is 5.60 Å². The van der Waals surface area contributed by atoms with Crippen LogP contribution in [0.1, 0.15) is 49.1 Å². The number of esters is 3. The number of anilines is 1. The molecule has 2 aromatic carbocycles. The lowest BCUT2D eigenvalue weighted by Crippen LogP contribution is -2.49. The summed E-state index contributed by atoms with van der Waals surface area (Å²) in [4.78, 5) is 49.5. The highest BCUT2D eigenvalue weighted by molar-refractivity contribution is 6.07. The Hall–Kier alpha value is -3.68. The number of carbonyl (C=O) groups is 4. The predicted molar refractivity (Wildman–Crippen MR) is 106 cm³/mol. The van der Waals surface area contributed by atoms with Crippen LogP contribution in [-0.2, 0) is 25.4 Å². The number of cyclic esters (lactones) is 1. The molecule has 1 heterocycles. The minimum Gasteiger partial charge on any atom is -0.465 e. The fraction of sp³-hybridized carbons (Fsp3) is 0.273. The number of aryl methyl sites for hydroxylation is 1. The zero-order valence-electron chi connectivity index (χ0n) is 17.0. The number of fused-ring (bicyclic) bond motifs is 1. The first-order valence-electron chi connectivity index (χ1n) is 9.13. The van der Waals surface area contributed by atoms with Crippen LogP contribution in [0.4, 0.5) is 5.69 Å². The maximum absolute atomic E-state index is 13.1. The SMILES string of the molecule is COC(=O)c1ccc(C(=O)OC)c(NC(=O)C2(C)Cc3cc(C)ccc3C(=O)O2)c1. The lowest BCUT2D eigenvalue weighted by Gasteiger charge is -2.33. The third-order valence-corrected chi connectivity index (χ3v) is 4.90. The van der Waals surface area contributed by atoms with Crippen molar-refractivity contribution in [3.63, 3.8) is 0 Å². The van der Waals surface area contributed by atoms with Crippen molar-refractivity contribution >= 4 is 29.5 Å². The Balaban J connectivity index is 1.95. The molecule has 0 saturated carbocycles. The average Bonchev–Trinajstić information content (AvgIpc) is 2.72. The molecule has 8 heteroatoms. The van der Waals surface area contributed by atoms with Crippen LogP contribution in [0.2, 0.25) is 0 Å². The van der Waals surface area contributed by atoms with Crippen molar-refractivity contribution < 1.29 is 33.4 Å². The van der Waals surface area contributed by atoms with Gasteiger partial charge in [0.2, 0.25) is 0 Å². The molecule has 1 unspecified atom stereocenters. The van der Waals surface area contributed by atoms with Gasteiger partial charge >= 0.3 is 17.9 Å². The van der Waals surface area contributed by atoms with E-state index >= 15 is 0 Å². The second-order valence-electron chi connectivity index (χ2n) is 7.16. The van der Waals surface area contributed by atoms with E-state index in [1.807, 2.05) is 13.0 Å². The molecule has 0 bridgehead atoms. The number of hydrogen-bond donors (Lipinski definition) is 1. The maximum atomic E-state index is 13.1. The number of ether oxygens (including phenoxy) is 3. The third-order valence-electron chi connectivity index (χ3n) is 4.90. The lowest BCUT2D eigenvalue weighted by atomic mass is 9.88. The summed E-state index contributed by atoms with van der Waals surface area (Å²) in [6.45, 7) is 3.38. The molecule has 1 amide bonds. The topological polar surface area (TPSA) is 108 Å². The number of methoxy groups -OCH3 is 2. The minimum atomic E-state index is -1.51. The van der Waals surface area contributed by atoms with E-state index in [9.17, 15) is 19.2 Å². The van der Waals surface area contributed by atoms with Crippen LogP contribution in [0.3, 0.4) is 0 Å². The van der Waals surface area contributed by atoms with E-state index < -0.39 is 29.4 Å². The van der Waals surface area contributed by atoms with Crippen molar-refractivity contribution in [2.24, 2.45) is 0 Å². The molecule has 2 aromatic rings. The molecular formula is C22H21NO7. The summed E-state index contributed by atoms with van der Waals surface area (Å²) in [6.07, 6.45) is 0.159. The molecule has 3 rings (SSSR count). The standard InChI is InChI=1S/C22H21NO7/c1-12-5-7-15-14(9-12)11-22(2,30-20(15)26)21(27)23-17-10-13(18(24)28-3)6-8-16(17)19(25)29-4/h5-10H,11H2,1-4H3,(H,23,27). The van der Waals surface area contributed by atoms with Crippen LogP contribution >= 0.6 is 0 Å². The van der Waals surface area contributed by atoms with Gasteiger partial charge in [-0.25, -0.2) is 14.4 Å². The van der Waals surface area contributed by atoms with Gasteiger partial charge in [0.1, 0.15) is 0 Å². The van der Waals surface area contributed by atoms with Crippen molar-refractivity contribution in [1.82, 2.24) is 0 Å². The molecule has 0 radical (unpaired) electrons. The molecule has 0 aliphatic carbocycles. The van der Waals surface area contributed by atoms with Gasteiger partial charge < -0.3 is 19.5 Å². The molecule has 8 nitrogen and oxygen atoms in total. The first-order valence-corrected chi connectivity index (χ1v) is 9.13. The lowest BCUT2D eigenvalue weighted by molar-refractivity contribution is -0.134. The molecule has 1 aliphatic rings. The van der Waals surface area contributed by atoms with Gasteiger partial charge in [0.05, 0.1) is 36.6 Å². The smallest absolute Gasteiger partial charge is 0.339 e. The van der Waals surface area contributed by atoms with Crippen molar-refractivity contribution in [2.45, 2.75) is 25.9 Å². The zero-order valence-corrected chi connectivity index (χ0v) is 17.0. The summed E-state index contributed by atoms with van der Waals surface area (Å²) in [7, 11) is 2.42. The van der Waals surface area contributed by atoms with Crippen LogP contribution in [0, 0.1) is 6.92 Å². The van der Waals surface area contributed by atoms with Crippen LogP contribution in [0.5, 0.6) is 0 Å². The van der Waals surface area contributed by atoms with Crippen molar-refractivity contribution in [2.75, 3.05) is 19.5 Å². The summed E-state index contributed by atoms with van der Waals surface area (Å²) in [5, 5.41) is 2.60. The normalized spacial score (nSPS) is 17.4. The number of rotatable bonds is 4. The van der Waals surface area contributed by atoms with E-state index in [4.69, 9.17) is 9.47 Å². The molecule has 0 spiro atoms. The second kappa shape index (κ2) is 7.98. The van der Waals surface area contributed by atoms with Gasteiger partial charge in [-0.2, -0.15) is 0 Å². The van der Waals surface area contributed by atoms with Gasteiger partial charge in [-0.05, 0) is 43.7 Å². The molecule has 0 saturated heterocycles. The Bertz CT molecular complexity index is 1060. The first kappa shape index (κ1) is 21.0. The molecule has 156 valence electrons. The van der Waals surface area contributed by atoms with E-state index in [1.165, 1.54) is 39.3 Å². The van der Waals surface area contributed by atoms with E-state index in [0.717, 1.165) is 5.56 Å². The Morgan fingerprint density at radius 3 is 2.40 bits per heavy atom. The molecule has 0 aromatic heterocycles. The van der Waals surface area contributed by atoms with Gasteiger partial charge in [0.25, 0.3) is 5.91 Å². The summed E-state index contributed by atoms with van der Waals surface area (Å²) in [5.74, 6) is -2.59. The summed E-state index contributed by atoms with van der Waals surface area (Å²) < 4.78 is 14.9. The molecule has 0 fully saturated rings. The number of benzene rings is 2. The summed E-state index contributed by atoms with van der Waals surface area (Å²) in [5.41, 5.74) is 0.765. The first-order chi connectivity index (χ1) is 14.2. The number of hydrogen-bond acceptors (Lipinski definition) is 7. The van der Waals surface area contributed by atoms with Gasteiger partial charge in [0, 0.05) is 6.42 Å². The summed E-state index contributed by atoms with van der Waals surface area (Å²) >= 11 is 0. The van der Waals surface area contributed by atoms with Crippen LogP contribution in [0.15, 0.2) is 36.4 Å². The van der Waals surface area contributed by atoms with E-state index in [-0.39, 0.29) is 23.2 Å². The van der Waals surface area contributed by atoms with Crippen LogP contribution in [-0.4, -0.2) is 43.6 Å². The largest absolute Gasteiger partial charge is 0.465 e. The fourth-order valence-electron chi connectivity index (χ4n) is 3.29. The van der Waals surface area contributed by atoms with Gasteiger partial charge in [-0.15, -0.1) is 0 Å². The highest BCUT2D eigenvalue weighted by atomic mass is 16.6. The highest BCUT2D eigenvalue weighted by Crippen LogP contribution is 2.31. The number of nitrogens with one attached hydrogen (secondary N) is 1. The maximum Gasteiger partial charge on any atom is 0.339 e. The van der Waals surface area contributed by atoms with E-state index in [2.05, 4.69) is 10.1 Å². The van der Waals surface area contributed by atoms with Crippen molar-refractivity contribution in [3.8, 4) is 0 Å². The molecule has 1 N–H and O–H groups in total. The van der Waals surface area contributed by atoms with Crippen molar-refractivity contribution in [1.29, 1.82) is 0 Å². The van der Waals surface area contributed by atoms with E-state index in [1.54, 1.807) is 12.1 Å². The van der Waals surface area contributed by atoms with E-state index in [0.29, 0.717) is 11.1 Å². The molecule has 1 atom stereocenters. The zero-order chi connectivity index (χ0) is 22.1. The Kier molecular flexibility index (Phi) is 5.60. The average molecular weight is 411 g/mol. The van der Waals surface area contributed by atoms with Gasteiger partial charge in [-0.1, -0.05) is 17.7 Å². The van der Waals surface area contributed by atoms with Crippen LogP contribution < -0.4 is 5.32 Å². The monoisotopic (exact) mass is 411 g/mol. The van der Waals surface area contributed by atoms with Crippen molar-refractivity contribution in [3.05, 3.63) is 64.2 Å².